The van der Waals surface area contributed by atoms with Crippen LogP contribution >= 0.6 is 15.9 Å². The Morgan fingerprint density at radius 1 is 1.45 bits per heavy atom. The number of hydrogen-bond acceptors (Lipinski definition) is 3. The average Bonchev–Trinajstić information content (AvgIpc) is 2.30. The van der Waals surface area contributed by atoms with Gasteiger partial charge in [0.1, 0.15) is 5.82 Å². The van der Waals surface area contributed by atoms with Crippen molar-refractivity contribution in [3.63, 3.8) is 0 Å². The lowest BCUT2D eigenvalue weighted by atomic mass is 10.0. The number of hydrogen-bond donors (Lipinski definition) is 4. The Morgan fingerprint density at radius 2 is 2.10 bits per heavy atom. The molecule has 0 aromatic heterocycles. The maximum atomic E-state index is 13.5. The minimum Gasteiger partial charge on any atom is -0.481 e. The third kappa shape index (κ3) is 5.14. The molecule has 20 heavy (non-hydrogen) atoms. The second kappa shape index (κ2) is 6.67. The first kappa shape index (κ1) is 16.4. The zero-order valence-electron chi connectivity index (χ0n) is 10.6. The van der Waals surface area contributed by atoms with Gasteiger partial charge in [-0.2, -0.15) is 0 Å². The van der Waals surface area contributed by atoms with E-state index < -0.39 is 29.8 Å². The lowest BCUT2D eigenvalue weighted by molar-refractivity contribution is -0.141. The SMILES string of the molecule is CC(O)(CNC(=O)Nc1c(F)cccc1Br)CC(=O)O. The summed E-state index contributed by atoms with van der Waals surface area (Å²) in [6, 6.07) is 3.46. The van der Waals surface area contributed by atoms with Crippen molar-refractivity contribution >= 4 is 33.6 Å². The van der Waals surface area contributed by atoms with Crippen LogP contribution in [0.2, 0.25) is 0 Å². The number of benzene rings is 1. The highest BCUT2D eigenvalue weighted by molar-refractivity contribution is 9.10. The number of carboxylic acids is 1. The van der Waals surface area contributed by atoms with E-state index in [0.717, 1.165) is 0 Å². The number of aliphatic carboxylic acids is 1. The van der Waals surface area contributed by atoms with E-state index in [1.807, 2.05) is 0 Å². The summed E-state index contributed by atoms with van der Waals surface area (Å²) < 4.78 is 13.8. The van der Waals surface area contributed by atoms with Gasteiger partial charge in [-0.15, -0.1) is 0 Å². The largest absolute Gasteiger partial charge is 0.481 e. The monoisotopic (exact) mass is 348 g/mol. The highest BCUT2D eigenvalue weighted by Gasteiger charge is 2.25. The lowest BCUT2D eigenvalue weighted by Crippen LogP contribution is -2.43. The number of para-hydroxylation sites is 1. The molecule has 0 saturated heterocycles. The number of urea groups is 1. The molecule has 0 fully saturated rings. The first-order chi connectivity index (χ1) is 9.21. The smallest absolute Gasteiger partial charge is 0.319 e. The van der Waals surface area contributed by atoms with Crippen LogP contribution in [0.25, 0.3) is 0 Å². The van der Waals surface area contributed by atoms with Crippen molar-refractivity contribution in [3.8, 4) is 0 Å². The van der Waals surface area contributed by atoms with Crippen LogP contribution in [0.3, 0.4) is 0 Å². The Morgan fingerprint density at radius 3 is 2.65 bits per heavy atom. The summed E-state index contributed by atoms with van der Waals surface area (Å²) in [5.41, 5.74) is -1.63. The molecule has 6 nitrogen and oxygen atoms in total. The number of carbonyl (C=O) groups excluding carboxylic acids is 1. The molecule has 1 atom stereocenters. The van der Waals surface area contributed by atoms with E-state index in [-0.39, 0.29) is 12.2 Å². The molecule has 0 bridgehead atoms. The van der Waals surface area contributed by atoms with E-state index in [9.17, 15) is 19.1 Å². The summed E-state index contributed by atoms with van der Waals surface area (Å²) in [4.78, 5) is 22.1. The summed E-state index contributed by atoms with van der Waals surface area (Å²) in [5.74, 6) is -1.80. The van der Waals surface area contributed by atoms with Gasteiger partial charge in [0, 0.05) is 11.0 Å². The molecule has 0 radical (unpaired) electrons. The maximum absolute atomic E-state index is 13.5. The van der Waals surface area contributed by atoms with Gasteiger partial charge in [-0.25, -0.2) is 9.18 Å². The van der Waals surface area contributed by atoms with Crippen LogP contribution in [-0.4, -0.2) is 34.4 Å². The molecule has 110 valence electrons. The van der Waals surface area contributed by atoms with E-state index in [1.54, 1.807) is 6.07 Å². The van der Waals surface area contributed by atoms with Crippen molar-refractivity contribution in [2.45, 2.75) is 18.9 Å². The van der Waals surface area contributed by atoms with Gasteiger partial charge in [0.25, 0.3) is 0 Å². The summed E-state index contributed by atoms with van der Waals surface area (Å²) >= 11 is 3.09. The molecule has 1 unspecified atom stereocenters. The summed E-state index contributed by atoms with van der Waals surface area (Å²) in [5, 5.41) is 22.8. The molecule has 1 rings (SSSR count). The minimum absolute atomic E-state index is 0.0390. The van der Waals surface area contributed by atoms with E-state index in [4.69, 9.17) is 5.11 Å². The first-order valence-corrected chi connectivity index (χ1v) is 6.43. The third-order valence-corrected chi connectivity index (χ3v) is 3.02. The number of carbonyl (C=O) groups is 2. The fraction of sp³-hybridized carbons (Fsp3) is 0.333. The molecule has 4 N–H and O–H groups in total. The fourth-order valence-corrected chi connectivity index (χ4v) is 1.88. The van der Waals surface area contributed by atoms with Crippen LogP contribution in [-0.2, 0) is 4.79 Å². The van der Waals surface area contributed by atoms with Gasteiger partial charge in [-0.3, -0.25) is 4.79 Å². The molecule has 0 aliphatic carbocycles. The van der Waals surface area contributed by atoms with E-state index in [1.165, 1.54) is 19.1 Å². The normalized spacial score (nSPS) is 13.4. The Labute approximate surface area is 123 Å². The Hall–Kier alpha value is -1.67. The van der Waals surface area contributed by atoms with Gasteiger partial charge in [0.2, 0.25) is 0 Å². The summed E-state index contributed by atoms with van der Waals surface area (Å²) in [6.45, 7) is 0.998. The highest BCUT2D eigenvalue weighted by atomic mass is 79.9. The van der Waals surface area contributed by atoms with Crippen molar-refractivity contribution in [3.05, 3.63) is 28.5 Å². The van der Waals surface area contributed by atoms with Crippen molar-refractivity contribution in [1.82, 2.24) is 5.32 Å². The van der Waals surface area contributed by atoms with E-state index in [0.29, 0.717) is 4.47 Å². The summed E-state index contributed by atoms with van der Waals surface area (Å²) in [6.07, 6.45) is -0.517. The molecule has 1 aromatic carbocycles. The second-order valence-electron chi connectivity index (χ2n) is 4.47. The van der Waals surface area contributed by atoms with Gasteiger partial charge < -0.3 is 20.8 Å². The van der Waals surface area contributed by atoms with Crippen LogP contribution < -0.4 is 10.6 Å². The molecular weight excluding hydrogens is 335 g/mol. The number of rotatable bonds is 5. The number of nitrogens with one attached hydrogen (secondary N) is 2. The van der Waals surface area contributed by atoms with Gasteiger partial charge >= 0.3 is 12.0 Å². The third-order valence-electron chi connectivity index (χ3n) is 2.36. The van der Waals surface area contributed by atoms with Crippen molar-refractivity contribution < 1.29 is 24.2 Å². The molecule has 0 saturated carbocycles. The second-order valence-corrected chi connectivity index (χ2v) is 5.33. The topological polar surface area (TPSA) is 98.7 Å². The Balaban J connectivity index is 2.59. The van der Waals surface area contributed by atoms with Crippen molar-refractivity contribution in [1.29, 1.82) is 0 Å². The van der Waals surface area contributed by atoms with Gasteiger partial charge in [-0.1, -0.05) is 6.07 Å². The fourth-order valence-electron chi connectivity index (χ4n) is 1.43. The quantitative estimate of drug-likeness (QED) is 0.653. The molecular formula is C12H14BrFN2O4. The lowest BCUT2D eigenvalue weighted by Gasteiger charge is -2.21. The predicted octanol–water partition coefficient (Wildman–Crippen LogP) is 1.94. The van der Waals surface area contributed by atoms with Crippen LogP contribution in [0.1, 0.15) is 13.3 Å². The molecule has 2 amide bonds. The van der Waals surface area contributed by atoms with Crippen LogP contribution in [0.15, 0.2) is 22.7 Å². The standard InChI is InChI=1S/C12H14BrFN2O4/c1-12(20,5-9(17)18)6-15-11(19)16-10-7(13)3-2-4-8(10)14/h2-4,20H,5-6H2,1H3,(H,17,18)(H2,15,16,19). The Bertz CT molecular complexity index is 502. The average molecular weight is 349 g/mol. The number of amides is 2. The van der Waals surface area contributed by atoms with E-state index in [2.05, 4.69) is 26.6 Å². The van der Waals surface area contributed by atoms with Crippen LogP contribution in [0, 0.1) is 5.82 Å². The van der Waals surface area contributed by atoms with Crippen molar-refractivity contribution in [2.75, 3.05) is 11.9 Å². The van der Waals surface area contributed by atoms with Crippen LogP contribution in [0.4, 0.5) is 14.9 Å². The number of halogens is 2. The van der Waals surface area contributed by atoms with Crippen LogP contribution in [0.5, 0.6) is 0 Å². The zero-order valence-corrected chi connectivity index (χ0v) is 12.2. The number of carboxylic acid groups (broad SMARTS) is 1. The predicted molar refractivity (Wildman–Crippen MR) is 74.0 cm³/mol. The van der Waals surface area contributed by atoms with Gasteiger partial charge in [0.05, 0.1) is 17.7 Å². The molecule has 8 heteroatoms. The molecule has 0 spiro atoms. The summed E-state index contributed by atoms with van der Waals surface area (Å²) in [7, 11) is 0. The number of aliphatic hydroxyl groups is 1. The van der Waals surface area contributed by atoms with Gasteiger partial charge in [0.15, 0.2) is 0 Å². The van der Waals surface area contributed by atoms with Crippen molar-refractivity contribution in [2.24, 2.45) is 0 Å². The Kier molecular flexibility index (Phi) is 5.46. The molecule has 0 aliphatic rings. The maximum Gasteiger partial charge on any atom is 0.319 e. The van der Waals surface area contributed by atoms with Gasteiger partial charge in [-0.05, 0) is 35.0 Å². The highest BCUT2D eigenvalue weighted by Crippen LogP contribution is 2.24. The molecule has 0 aliphatic heterocycles. The number of anilines is 1. The molecule has 0 heterocycles. The molecule has 1 aromatic rings. The minimum atomic E-state index is -1.59. The van der Waals surface area contributed by atoms with E-state index >= 15 is 0 Å². The zero-order chi connectivity index (χ0) is 15.3. The first-order valence-electron chi connectivity index (χ1n) is 5.64.